The van der Waals surface area contributed by atoms with E-state index in [4.69, 9.17) is 31.1 Å². The molecule has 6 heterocycles. The Morgan fingerprint density at radius 2 is 0.663 bits per heavy atom. The maximum Gasteiger partial charge on any atom is 0.216 e. The smallest absolute Gasteiger partial charge is 0.216 e. The highest BCUT2D eigenvalue weighted by Gasteiger charge is 2.23. The summed E-state index contributed by atoms with van der Waals surface area (Å²) in [6.07, 6.45) is 11.5. The highest BCUT2D eigenvalue weighted by molar-refractivity contribution is 6.12. The molecule has 0 amide bonds. The van der Waals surface area contributed by atoms with Gasteiger partial charge < -0.3 is 13.3 Å². The molecule has 448 valence electrons. The van der Waals surface area contributed by atoms with Gasteiger partial charge in [-0.05, 0) is 183 Å². The highest BCUT2D eigenvalue weighted by atomic mass is 16.3. The zero-order valence-electron chi connectivity index (χ0n) is 62.4. The monoisotopic (exact) mass is 1190 g/mol. The molecule has 6 nitrogen and oxygen atoms in total. The molecule has 1 aliphatic rings. The van der Waals surface area contributed by atoms with Gasteiger partial charge in [0.15, 0.2) is 18.6 Å². The van der Waals surface area contributed by atoms with E-state index in [0.29, 0.717) is 27.8 Å². The maximum absolute atomic E-state index is 9.02. The van der Waals surface area contributed by atoms with Crippen LogP contribution in [0.3, 0.4) is 0 Å². The third-order valence-electron chi connectivity index (χ3n) is 17.6. The van der Waals surface area contributed by atoms with E-state index in [-0.39, 0.29) is 22.3 Å². The lowest BCUT2D eigenvalue weighted by Gasteiger charge is -2.22. The van der Waals surface area contributed by atoms with Crippen molar-refractivity contribution < 1.29 is 44.8 Å². The van der Waals surface area contributed by atoms with Gasteiger partial charge in [-0.15, -0.1) is 0 Å². The second-order valence-electron chi connectivity index (χ2n) is 23.7. The third kappa shape index (κ3) is 11.5. The minimum Gasteiger partial charge on any atom is -0.456 e. The summed E-state index contributed by atoms with van der Waals surface area (Å²) in [6, 6.07) is 52.5. The Bertz CT molecular complexity index is 5790. The summed E-state index contributed by atoms with van der Waals surface area (Å²) < 4.78 is 126. The lowest BCUT2D eigenvalue weighted by molar-refractivity contribution is -0.659. The Balaban J connectivity index is 0.000000152. The molecule has 0 N–H and O–H groups in total. The summed E-state index contributed by atoms with van der Waals surface area (Å²) in [5, 5.41) is 12.5. The van der Waals surface area contributed by atoms with E-state index in [2.05, 4.69) is 89.1 Å². The second-order valence-corrected chi connectivity index (χ2v) is 23.7. The Morgan fingerprint density at radius 1 is 0.337 bits per heavy atom. The van der Waals surface area contributed by atoms with Crippen LogP contribution in [0.4, 0.5) is 0 Å². The first-order chi connectivity index (χ1) is 46.7. The number of fused-ring (bicyclic) bond motifs is 12. The van der Waals surface area contributed by atoms with Crippen molar-refractivity contribution in [3.05, 3.63) is 232 Å². The predicted octanol–water partition coefficient (Wildman–Crippen LogP) is 22.1. The van der Waals surface area contributed by atoms with E-state index in [9.17, 15) is 0 Å². The molecule has 0 atom stereocenters. The molecule has 89 heavy (non-hydrogen) atoms. The van der Waals surface area contributed by atoms with E-state index in [1.54, 1.807) is 48.5 Å². The Hall–Kier alpha value is -9.39. The first-order valence-electron chi connectivity index (χ1n) is 36.0. The van der Waals surface area contributed by atoms with Gasteiger partial charge in [-0.1, -0.05) is 160 Å². The first kappa shape index (κ1) is 46.7. The van der Waals surface area contributed by atoms with E-state index in [1.165, 1.54) is 22.8 Å². The average Bonchev–Trinajstić information content (AvgIpc) is 1.69. The number of nitrogens with zero attached hydrogens (tertiary/aromatic N) is 3. The fourth-order valence-electron chi connectivity index (χ4n) is 13.1. The maximum atomic E-state index is 9.02. The van der Waals surface area contributed by atoms with Gasteiger partial charge in [0.2, 0.25) is 17.1 Å². The van der Waals surface area contributed by atoms with Gasteiger partial charge in [-0.3, -0.25) is 0 Å². The molecule has 15 aromatic rings. The van der Waals surface area contributed by atoms with Crippen LogP contribution in [-0.4, -0.2) is 0 Å². The van der Waals surface area contributed by atoms with Gasteiger partial charge in [-0.2, -0.15) is 0 Å². The summed E-state index contributed by atoms with van der Waals surface area (Å²) in [5.74, 6) is -0.481. The zero-order valence-corrected chi connectivity index (χ0v) is 49.4. The summed E-state index contributed by atoms with van der Waals surface area (Å²) in [5.41, 5.74) is 16.9. The van der Waals surface area contributed by atoms with Gasteiger partial charge in [0, 0.05) is 50.7 Å². The van der Waals surface area contributed by atoms with Crippen molar-refractivity contribution in [3.8, 4) is 33.8 Å². The number of aryl methyl sites for hydroxylation is 11. The fraction of sp³-hybridized carbons (Fsp3) is 0.241. The van der Waals surface area contributed by atoms with Gasteiger partial charge >= 0.3 is 0 Å². The number of furan rings is 3. The molecule has 1 aliphatic carbocycles. The van der Waals surface area contributed by atoms with Crippen LogP contribution < -0.4 is 13.7 Å². The molecule has 6 aromatic heterocycles. The van der Waals surface area contributed by atoms with Crippen LogP contribution >= 0.6 is 0 Å². The number of hydrogen-bond donors (Lipinski definition) is 0. The molecule has 0 aliphatic heterocycles. The number of pyridine rings is 3. The van der Waals surface area contributed by atoms with Crippen molar-refractivity contribution in [1.29, 1.82) is 0 Å². The Labute approximate surface area is 543 Å². The minimum atomic E-state index is -2.16. The van der Waals surface area contributed by atoms with Crippen molar-refractivity contribution in [3.63, 3.8) is 0 Å². The van der Waals surface area contributed by atoms with Crippen LogP contribution in [0.15, 0.2) is 196 Å². The van der Waals surface area contributed by atoms with Crippen LogP contribution in [0.25, 0.3) is 132 Å². The molecule has 9 aromatic carbocycles. The molecular weight excluding hydrogens is 1090 g/mol. The normalized spacial score (nSPS) is 15.7. The van der Waals surface area contributed by atoms with Crippen LogP contribution in [0.1, 0.15) is 128 Å². The predicted molar refractivity (Wildman–Crippen MR) is 377 cm³/mol. The summed E-state index contributed by atoms with van der Waals surface area (Å²) in [4.78, 5) is 0. The quantitative estimate of drug-likeness (QED) is 0.165. The van der Waals surface area contributed by atoms with Crippen LogP contribution in [0.2, 0.25) is 0 Å². The standard InChI is InChI=1S/C30H30NO.2C25H22NO.3CH4/c1-19-9-12-25(20(2)13-19)28-17-30-27(18-31(28)3)26-15-23-11-10-22(21-7-5-4-6-8-21)14-24(23)16-29(26)32-30;1-15-6-8-20(17(3)9-15)23-13-25-22(14-26(23)4)21-11-19-10-16(2)5-7-18(19)12-24(21)27-25;1-15-6-8-20(17(3)9-15)23-13-25-22(14-26(23)4)21-11-18-7-5-16(2)10-19(18)12-24(21)27-25;;;/h9-18,21H,4-8H2,1-3H3;2*5-14H,1-4H3;3*1H4/q3*+1;;;/i1D3,21D;1D3,2D3;1D3;;;. The SMILES string of the molecule is C.C.C.[2H]C([2H])([2H])c1ccc(-c2cc3oc4cc5cc(C)ccc5cc4c3c[n+]2C)c(C)c1.[2H]C([2H])([2H])c1ccc(-c2cc3oc4cc5cc(C6([2H])CCCCC6)ccc5cc4c3c[n+]2C)c(C)c1.[2H]C([2H])([2H])c1ccc(-c2cc3oc4cc5ccc(C([2H])([2H])[2H])cc5cc4c3c[n+]2C)c(C)c1. The molecule has 16 rings (SSSR count). The van der Waals surface area contributed by atoms with Crippen molar-refractivity contribution in [1.82, 2.24) is 0 Å². The van der Waals surface area contributed by atoms with Crippen molar-refractivity contribution in [2.24, 2.45) is 21.1 Å². The summed E-state index contributed by atoms with van der Waals surface area (Å²) >= 11 is 0. The van der Waals surface area contributed by atoms with Gasteiger partial charge in [0.25, 0.3) is 0 Å². The second kappa shape index (κ2) is 24.3. The van der Waals surface area contributed by atoms with E-state index in [0.717, 1.165) is 163 Å². The molecule has 0 unspecified atom stereocenters. The van der Waals surface area contributed by atoms with E-state index >= 15 is 0 Å². The topological polar surface area (TPSA) is 51.1 Å². The first-order valence-corrected chi connectivity index (χ1v) is 29.5. The molecular formula is C83H86N3O3+3. The van der Waals surface area contributed by atoms with Crippen molar-refractivity contribution in [2.45, 2.75) is 115 Å². The number of rotatable bonds is 4. The van der Waals surface area contributed by atoms with Gasteiger partial charge in [-0.25, -0.2) is 13.7 Å². The van der Waals surface area contributed by atoms with Gasteiger partial charge in [0.05, 0.1) is 34.4 Å². The van der Waals surface area contributed by atoms with E-state index < -0.39 is 33.3 Å². The molecule has 1 saturated carbocycles. The number of hydrogen-bond acceptors (Lipinski definition) is 3. The molecule has 0 saturated heterocycles. The van der Waals surface area contributed by atoms with Crippen molar-refractivity contribution in [2.75, 3.05) is 0 Å². The zero-order chi connectivity index (χ0) is 70.2. The molecule has 6 heteroatoms. The molecule has 1 fully saturated rings. The lowest BCUT2D eigenvalue weighted by atomic mass is 9.83. The third-order valence-corrected chi connectivity index (χ3v) is 17.6. The molecule has 0 radical (unpaired) electrons. The Kier molecular flexibility index (Phi) is 12.8. The van der Waals surface area contributed by atoms with E-state index in [1.807, 2.05) is 107 Å². The van der Waals surface area contributed by atoms with Crippen LogP contribution in [-0.2, 0) is 21.1 Å². The summed E-state index contributed by atoms with van der Waals surface area (Å²) in [6.45, 7) is -0.630. The molecule has 0 spiro atoms. The minimum absolute atomic E-state index is 0. The Morgan fingerprint density at radius 3 is 1.09 bits per heavy atom. The van der Waals surface area contributed by atoms with Crippen LogP contribution in [0.5, 0.6) is 0 Å². The molecule has 0 bridgehead atoms. The highest BCUT2D eigenvalue weighted by Crippen LogP contribution is 2.40. The lowest BCUT2D eigenvalue weighted by Crippen LogP contribution is -2.30. The average molecular weight is 1190 g/mol. The largest absolute Gasteiger partial charge is 0.456 e. The summed E-state index contributed by atoms with van der Waals surface area (Å²) in [7, 11) is 5.96. The number of benzene rings is 9. The fourth-order valence-corrected chi connectivity index (χ4v) is 13.1. The van der Waals surface area contributed by atoms with Crippen molar-refractivity contribution >= 4 is 98.1 Å². The number of aromatic nitrogens is 3. The van der Waals surface area contributed by atoms with Crippen LogP contribution in [0, 0.1) is 55.1 Å². The van der Waals surface area contributed by atoms with Gasteiger partial charge in [0.1, 0.15) is 54.6 Å².